The Morgan fingerprint density at radius 3 is 2.62 bits per heavy atom. The molecule has 0 bridgehead atoms. The zero-order chi connectivity index (χ0) is 11.4. The van der Waals surface area contributed by atoms with Crippen LogP contribution in [0, 0.1) is 5.82 Å². The lowest BCUT2D eigenvalue weighted by Gasteiger charge is -2.30. The Balaban J connectivity index is 2.28. The van der Waals surface area contributed by atoms with Crippen LogP contribution in [0.15, 0.2) is 18.2 Å². The fraction of sp³-hybridized carbons (Fsp3) is 0.538. The number of anilines is 1. The molecule has 1 aliphatic heterocycles. The van der Waals surface area contributed by atoms with E-state index in [2.05, 4.69) is 4.90 Å². The highest BCUT2D eigenvalue weighted by Crippen LogP contribution is 2.27. The molecule has 2 N–H and O–H groups in total. The highest BCUT2D eigenvalue weighted by Gasteiger charge is 2.17. The van der Waals surface area contributed by atoms with Crippen LogP contribution in [0.4, 0.5) is 10.1 Å². The SMILES string of the molecule is NCCc1cccc(F)c1N1CCCCC1. The summed E-state index contributed by atoms with van der Waals surface area (Å²) in [7, 11) is 0. The van der Waals surface area contributed by atoms with Crippen molar-refractivity contribution in [3.63, 3.8) is 0 Å². The maximum atomic E-state index is 13.9. The second kappa shape index (κ2) is 5.30. The highest BCUT2D eigenvalue weighted by molar-refractivity contribution is 5.55. The molecule has 0 atom stereocenters. The minimum Gasteiger partial charge on any atom is -0.369 e. The third-order valence-corrected chi connectivity index (χ3v) is 3.16. The monoisotopic (exact) mass is 222 g/mol. The first-order valence-electron chi connectivity index (χ1n) is 6.05. The zero-order valence-electron chi connectivity index (χ0n) is 9.58. The largest absolute Gasteiger partial charge is 0.369 e. The van der Waals surface area contributed by atoms with Crippen LogP contribution in [0.1, 0.15) is 24.8 Å². The summed E-state index contributed by atoms with van der Waals surface area (Å²) in [5.74, 6) is -0.104. The Labute approximate surface area is 96.2 Å². The molecule has 2 rings (SSSR count). The van der Waals surface area contributed by atoms with E-state index in [-0.39, 0.29) is 5.82 Å². The van der Waals surface area contributed by atoms with Crippen molar-refractivity contribution in [3.8, 4) is 0 Å². The van der Waals surface area contributed by atoms with E-state index in [1.807, 2.05) is 6.07 Å². The van der Waals surface area contributed by atoms with E-state index in [4.69, 9.17) is 5.73 Å². The average molecular weight is 222 g/mol. The summed E-state index contributed by atoms with van der Waals surface area (Å²) in [5.41, 5.74) is 7.40. The predicted octanol–water partition coefficient (Wildman–Crippen LogP) is 2.32. The summed E-state index contributed by atoms with van der Waals surface area (Å²) in [4.78, 5) is 2.17. The number of hydrogen-bond acceptors (Lipinski definition) is 2. The Morgan fingerprint density at radius 1 is 1.19 bits per heavy atom. The molecular formula is C13H19FN2. The molecule has 0 spiro atoms. The van der Waals surface area contributed by atoms with Crippen molar-refractivity contribution in [2.24, 2.45) is 5.73 Å². The first-order valence-corrected chi connectivity index (χ1v) is 6.05. The van der Waals surface area contributed by atoms with Crippen LogP contribution in [0.5, 0.6) is 0 Å². The molecule has 88 valence electrons. The van der Waals surface area contributed by atoms with Crippen LogP contribution < -0.4 is 10.6 Å². The van der Waals surface area contributed by atoms with Gasteiger partial charge in [0.2, 0.25) is 0 Å². The molecule has 1 aromatic carbocycles. The van der Waals surface area contributed by atoms with Gasteiger partial charge in [0, 0.05) is 13.1 Å². The third-order valence-electron chi connectivity index (χ3n) is 3.16. The van der Waals surface area contributed by atoms with Gasteiger partial charge in [-0.15, -0.1) is 0 Å². The quantitative estimate of drug-likeness (QED) is 0.850. The summed E-state index contributed by atoms with van der Waals surface area (Å²) in [6, 6.07) is 5.30. The van der Waals surface area contributed by atoms with Crippen LogP contribution in [-0.4, -0.2) is 19.6 Å². The standard InChI is InChI=1S/C13H19FN2/c14-12-6-4-5-11(7-8-15)13(12)16-9-2-1-3-10-16/h4-6H,1-3,7-10,15H2. The van der Waals surface area contributed by atoms with Crippen molar-refractivity contribution in [2.75, 3.05) is 24.5 Å². The van der Waals surface area contributed by atoms with Gasteiger partial charge < -0.3 is 10.6 Å². The lowest BCUT2D eigenvalue weighted by molar-refractivity contribution is 0.554. The molecule has 0 aromatic heterocycles. The molecule has 0 radical (unpaired) electrons. The van der Waals surface area contributed by atoms with Crippen molar-refractivity contribution < 1.29 is 4.39 Å². The Kier molecular flexibility index (Phi) is 3.78. The molecule has 2 nitrogen and oxygen atoms in total. The van der Waals surface area contributed by atoms with Gasteiger partial charge in [-0.1, -0.05) is 12.1 Å². The van der Waals surface area contributed by atoms with Crippen LogP contribution >= 0.6 is 0 Å². The fourth-order valence-corrected chi connectivity index (χ4v) is 2.39. The molecule has 0 amide bonds. The van der Waals surface area contributed by atoms with Crippen molar-refractivity contribution >= 4 is 5.69 Å². The molecule has 0 aliphatic carbocycles. The molecule has 3 heteroatoms. The lowest BCUT2D eigenvalue weighted by Crippen LogP contribution is -2.31. The van der Waals surface area contributed by atoms with E-state index in [1.165, 1.54) is 6.42 Å². The smallest absolute Gasteiger partial charge is 0.146 e. The second-order valence-corrected chi connectivity index (χ2v) is 4.33. The number of nitrogens with zero attached hydrogens (tertiary/aromatic N) is 1. The molecule has 1 saturated heterocycles. The van der Waals surface area contributed by atoms with Crippen molar-refractivity contribution in [3.05, 3.63) is 29.6 Å². The van der Waals surface area contributed by atoms with Gasteiger partial charge in [0.05, 0.1) is 5.69 Å². The molecule has 0 saturated carbocycles. The summed E-state index contributed by atoms with van der Waals surface area (Å²) >= 11 is 0. The van der Waals surface area contributed by atoms with Crippen molar-refractivity contribution in [2.45, 2.75) is 25.7 Å². The lowest BCUT2D eigenvalue weighted by atomic mass is 10.0. The molecule has 1 aliphatic rings. The van der Waals surface area contributed by atoms with E-state index in [1.54, 1.807) is 12.1 Å². The zero-order valence-corrected chi connectivity index (χ0v) is 9.58. The number of nitrogens with two attached hydrogens (primary N) is 1. The molecule has 1 fully saturated rings. The Bertz CT molecular complexity index is 346. The number of piperidine rings is 1. The van der Waals surface area contributed by atoms with Gasteiger partial charge in [-0.05, 0) is 43.9 Å². The third kappa shape index (κ3) is 2.35. The molecule has 16 heavy (non-hydrogen) atoms. The van der Waals surface area contributed by atoms with E-state index < -0.39 is 0 Å². The van der Waals surface area contributed by atoms with Gasteiger partial charge in [0.25, 0.3) is 0 Å². The number of hydrogen-bond donors (Lipinski definition) is 1. The number of rotatable bonds is 3. The van der Waals surface area contributed by atoms with Gasteiger partial charge in [-0.2, -0.15) is 0 Å². The summed E-state index contributed by atoms with van der Waals surface area (Å²) < 4.78 is 13.9. The van der Waals surface area contributed by atoms with Crippen molar-refractivity contribution in [1.29, 1.82) is 0 Å². The Morgan fingerprint density at radius 2 is 1.94 bits per heavy atom. The average Bonchev–Trinajstić information content (AvgIpc) is 2.31. The highest BCUT2D eigenvalue weighted by atomic mass is 19.1. The van der Waals surface area contributed by atoms with Crippen LogP contribution in [0.2, 0.25) is 0 Å². The minimum absolute atomic E-state index is 0.104. The first kappa shape index (κ1) is 11.4. The first-order chi connectivity index (χ1) is 7.83. The van der Waals surface area contributed by atoms with Gasteiger partial charge >= 0.3 is 0 Å². The molecule has 0 unspecified atom stereocenters. The van der Waals surface area contributed by atoms with E-state index in [0.29, 0.717) is 6.54 Å². The maximum absolute atomic E-state index is 13.9. The van der Waals surface area contributed by atoms with E-state index in [9.17, 15) is 4.39 Å². The van der Waals surface area contributed by atoms with E-state index >= 15 is 0 Å². The molecular weight excluding hydrogens is 203 g/mol. The Hall–Kier alpha value is -1.09. The van der Waals surface area contributed by atoms with Crippen LogP contribution in [0.3, 0.4) is 0 Å². The van der Waals surface area contributed by atoms with Gasteiger partial charge in [-0.3, -0.25) is 0 Å². The van der Waals surface area contributed by atoms with Crippen molar-refractivity contribution in [1.82, 2.24) is 0 Å². The topological polar surface area (TPSA) is 29.3 Å². The van der Waals surface area contributed by atoms with E-state index in [0.717, 1.165) is 43.6 Å². The van der Waals surface area contributed by atoms with Gasteiger partial charge in [0.1, 0.15) is 5.82 Å². The number of para-hydroxylation sites is 1. The summed E-state index contributed by atoms with van der Waals surface area (Å²) in [6.07, 6.45) is 4.34. The van der Waals surface area contributed by atoms with Gasteiger partial charge in [-0.25, -0.2) is 4.39 Å². The summed E-state index contributed by atoms with van der Waals surface area (Å²) in [6.45, 7) is 2.52. The number of halogens is 1. The maximum Gasteiger partial charge on any atom is 0.146 e. The summed E-state index contributed by atoms with van der Waals surface area (Å²) in [5, 5.41) is 0. The minimum atomic E-state index is -0.104. The fourth-order valence-electron chi connectivity index (χ4n) is 2.39. The number of benzene rings is 1. The van der Waals surface area contributed by atoms with Gasteiger partial charge in [0.15, 0.2) is 0 Å². The molecule has 1 heterocycles. The normalized spacial score (nSPS) is 16.5. The van der Waals surface area contributed by atoms with Crippen LogP contribution in [0.25, 0.3) is 0 Å². The molecule has 1 aromatic rings. The predicted molar refractivity (Wildman–Crippen MR) is 65.2 cm³/mol. The second-order valence-electron chi connectivity index (χ2n) is 4.33. The van der Waals surface area contributed by atoms with Crippen LogP contribution in [-0.2, 0) is 6.42 Å².